The lowest BCUT2D eigenvalue weighted by molar-refractivity contribution is 0.0757. The summed E-state index contributed by atoms with van der Waals surface area (Å²) in [6, 6.07) is 9.63. The van der Waals surface area contributed by atoms with Crippen LogP contribution in [0.2, 0.25) is 0 Å². The molecule has 146 valence electrons. The number of benzene rings is 1. The molecule has 2 heterocycles. The highest BCUT2D eigenvalue weighted by atomic mass is 16.2. The second-order valence-electron chi connectivity index (χ2n) is 6.77. The van der Waals surface area contributed by atoms with Gasteiger partial charge in [-0.2, -0.15) is 5.10 Å². The quantitative estimate of drug-likeness (QED) is 0.599. The number of aryl methyl sites for hydroxylation is 2. The first-order chi connectivity index (χ1) is 13.6. The van der Waals surface area contributed by atoms with Gasteiger partial charge in [-0.25, -0.2) is 9.97 Å². The number of carbonyl (C=O) groups excluding carboxylic acids is 1. The molecule has 28 heavy (non-hydrogen) atoms. The molecular weight excluding hydrogens is 350 g/mol. The highest BCUT2D eigenvalue weighted by Gasteiger charge is 2.15. The number of hydrogen-bond donors (Lipinski definition) is 0. The normalized spacial score (nSPS) is 10.8. The van der Waals surface area contributed by atoms with E-state index in [1.54, 1.807) is 6.20 Å². The molecule has 0 fully saturated rings. The summed E-state index contributed by atoms with van der Waals surface area (Å²) in [5, 5.41) is 4.20. The average Bonchev–Trinajstić information content (AvgIpc) is 3.23. The summed E-state index contributed by atoms with van der Waals surface area (Å²) in [6.07, 6.45) is 7.54. The zero-order chi connectivity index (χ0) is 19.9. The Morgan fingerprint density at radius 3 is 2.61 bits per heavy atom. The fourth-order valence-electron chi connectivity index (χ4n) is 3.21. The standard InChI is InChI=1S/C22H27N5O/c1-4-7-20-16-23-17(3)25-21(20)18-8-10-19(11-9-18)22(28)26(5-2)14-15-27-13-6-12-24-27/h6,8-13,16H,4-5,7,14-15H2,1-3H3. The van der Waals surface area contributed by atoms with E-state index in [0.29, 0.717) is 25.2 Å². The number of amides is 1. The SMILES string of the molecule is CCCc1cnc(C)nc1-c1ccc(C(=O)N(CC)CCn2cccn2)cc1. The molecule has 1 aromatic carbocycles. The highest BCUT2D eigenvalue weighted by Crippen LogP contribution is 2.23. The van der Waals surface area contributed by atoms with Crippen LogP contribution in [-0.2, 0) is 13.0 Å². The van der Waals surface area contributed by atoms with Gasteiger partial charge in [0, 0.05) is 42.8 Å². The average molecular weight is 377 g/mol. The monoisotopic (exact) mass is 377 g/mol. The third-order valence-corrected chi connectivity index (χ3v) is 4.74. The number of likely N-dealkylation sites (N-methyl/N-ethyl adjacent to an activating group) is 1. The molecule has 0 aliphatic rings. The molecule has 0 radical (unpaired) electrons. The molecular formula is C22H27N5O. The van der Waals surface area contributed by atoms with E-state index in [4.69, 9.17) is 0 Å². The van der Waals surface area contributed by atoms with Gasteiger partial charge in [0.15, 0.2) is 0 Å². The minimum absolute atomic E-state index is 0.0360. The van der Waals surface area contributed by atoms with Crippen molar-refractivity contribution in [1.29, 1.82) is 0 Å². The minimum Gasteiger partial charge on any atom is -0.337 e. The van der Waals surface area contributed by atoms with E-state index < -0.39 is 0 Å². The number of rotatable bonds is 8. The van der Waals surface area contributed by atoms with Crippen molar-refractivity contribution in [3.63, 3.8) is 0 Å². The van der Waals surface area contributed by atoms with E-state index >= 15 is 0 Å². The van der Waals surface area contributed by atoms with Gasteiger partial charge in [-0.05, 0) is 44.0 Å². The molecule has 1 amide bonds. The molecule has 0 saturated heterocycles. The number of aromatic nitrogens is 4. The largest absolute Gasteiger partial charge is 0.337 e. The summed E-state index contributed by atoms with van der Waals surface area (Å²) in [6.45, 7) is 8.02. The maximum Gasteiger partial charge on any atom is 0.253 e. The van der Waals surface area contributed by atoms with Crippen LogP contribution in [-0.4, -0.2) is 43.6 Å². The summed E-state index contributed by atoms with van der Waals surface area (Å²) >= 11 is 0. The van der Waals surface area contributed by atoms with E-state index in [-0.39, 0.29) is 5.91 Å². The first-order valence-corrected chi connectivity index (χ1v) is 9.82. The summed E-state index contributed by atoms with van der Waals surface area (Å²) in [5.74, 6) is 0.791. The fourth-order valence-corrected chi connectivity index (χ4v) is 3.21. The Kier molecular flexibility index (Phi) is 6.53. The van der Waals surface area contributed by atoms with E-state index in [9.17, 15) is 4.79 Å². The molecule has 0 bridgehead atoms. The fraction of sp³-hybridized carbons (Fsp3) is 0.364. The van der Waals surface area contributed by atoms with Crippen molar-refractivity contribution in [3.8, 4) is 11.3 Å². The molecule has 0 saturated carbocycles. The molecule has 6 heteroatoms. The van der Waals surface area contributed by atoms with Gasteiger partial charge in [0.2, 0.25) is 0 Å². The second kappa shape index (κ2) is 9.26. The first-order valence-electron chi connectivity index (χ1n) is 9.82. The zero-order valence-electron chi connectivity index (χ0n) is 16.8. The number of nitrogens with zero attached hydrogens (tertiary/aromatic N) is 5. The predicted molar refractivity (Wildman–Crippen MR) is 110 cm³/mol. The highest BCUT2D eigenvalue weighted by molar-refractivity contribution is 5.94. The molecule has 0 atom stereocenters. The topological polar surface area (TPSA) is 63.9 Å². The van der Waals surface area contributed by atoms with Gasteiger partial charge in [-0.1, -0.05) is 25.5 Å². The van der Waals surface area contributed by atoms with E-state index in [1.807, 2.05) is 66.2 Å². The Hall–Kier alpha value is -3.02. The van der Waals surface area contributed by atoms with Gasteiger partial charge in [0.05, 0.1) is 12.2 Å². The van der Waals surface area contributed by atoms with Crippen LogP contribution in [0.25, 0.3) is 11.3 Å². The molecule has 6 nitrogen and oxygen atoms in total. The lowest BCUT2D eigenvalue weighted by atomic mass is 10.0. The summed E-state index contributed by atoms with van der Waals surface area (Å²) in [7, 11) is 0. The predicted octanol–water partition coefficient (Wildman–Crippen LogP) is 3.76. The Balaban J connectivity index is 1.76. The van der Waals surface area contributed by atoms with Crippen molar-refractivity contribution >= 4 is 5.91 Å². The Morgan fingerprint density at radius 2 is 1.96 bits per heavy atom. The van der Waals surface area contributed by atoms with Crippen LogP contribution in [0.1, 0.15) is 42.0 Å². The van der Waals surface area contributed by atoms with Crippen molar-refractivity contribution in [2.75, 3.05) is 13.1 Å². The smallest absolute Gasteiger partial charge is 0.253 e. The lowest BCUT2D eigenvalue weighted by Gasteiger charge is -2.21. The number of carbonyl (C=O) groups is 1. The minimum atomic E-state index is 0.0360. The first kappa shape index (κ1) is 19.7. The van der Waals surface area contributed by atoms with Gasteiger partial charge < -0.3 is 4.90 Å². The van der Waals surface area contributed by atoms with E-state index in [2.05, 4.69) is 22.0 Å². The molecule has 0 aliphatic carbocycles. The third-order valence-electron chi connectivity index (χ3n) is 4.74. The molecule has 0 N–H and O–H groups in total. The van der Waals surface area contributed by atoms with E-state index in [1.165, 1.54) is 0 Å². The Morgan fingerprint density at radius 1 is 1.18 bits per heavy atom. The van der Waals surface area contributed by atoms with E-state index in [0.717, 1.165) is 35.5 Å². The summed E-state index contributed by atoms with van der Waals surface area (Å²) < 4.78 is 1.84. The van der Waals surface area contributed by atoms with Crippen LogP contribution < -0.4 is 0 Å². The van der Waals surface area contributed by atoms with Crippen LogP contribution in [0.4, 0.5) is 0 Å². The maximum absolute atomic E-state index is 12.9. The van der Waals surface area contributed by atoms with Crippen LogP contribution >= 0.6 is 0 Å². The van der Waals surface area contributed by atoms with Gasteiger partial charge >= 0.3 is 0 Å². The second-order valence-corrected chi connectivity index (χ2v) is 6.77. The van der Waals surface area contributed by atoms with Gasteiger partial charge in [-0.15, -0.1) is 0 Å². The summed E-state index contributed by atoms with van der Waals surface area (Å²) in [5.41, 5.74) is 3.81. The molecule has 3 aromatic rings. The number of hydrogen-bond acceptors (Lipinski definition) is 4. The summed E-state index contributed by atoms with van der Waals surface area (Å²) in [4.78, 5) is 23.7. The zero-order valence-corrected chi connectivity index (χ0v) is 16.8. The van der Waals surface area contributed by atoms with Gasteiger partial charge in [0.25, 0.3) is 5.91 Å². The van der Waals surface area contributed by atoms with Gasteiger partial charge in [0.1, 0.15) is 5.82 Å². The molecule has 0 unspecified atom stereocenters. The molecule has 0 aliphatic heterocycles. The van der Waals surface area contributed by atoms with Crippen molar-refractivity contribution in [2.45, 2.75) is 40.2 Å². The maximum atomic E-state index is 12.9. The van der Waals surface area contributed by atoms with Crippen molar-refractivity contribution in [3.05, 3.63) is 65.9 Å². The molecule has 0 spiro atoms. The lowest BCUT2D eigenvalue weighted by Crippen LogP contribution is -2.33. The van der Waals surface area contributed by atoms with Crippen LogP contribution in [0, 0.1) is 6.92 Å². The molecule has 3 rings (SSSR count). The van der Waals surface area contributed by atoms with Crippen molar-refractivity contribution in [1.82, 2.24) is 24.6 Å². The van der Waals surface area contributed by atoms with Crippen molar-refractivity contribution < 1.29 is 4.79 Å². The molecule has 2 aromatic heterocycles. The van der Waals surface area contributed by atoms with Crippen molar-refractivity contribution in [2.24, 2.45) is 0 Å². The van der Waals surface area contributed by atoms with Crippen LogP contribution in [0.15, 0.2) is 48.9 Å². The third kappa shape index (κ3) is 4.63. The van der Waals surface area contributed by atoms with Crippen LogP contribution in [0.5, 0.6) is 0 Å². The Labute approximate surface area is 166 Å². The Bertz CT molecular complexity index is 903. The van der Waals surface area contributed by atoms with Gasteiger partial charge in [-0.3, -0.25) is 9.48 Å². The van der Waals surface area contributed by atoms with Crippen LogP contribution in [0.3, 0.4) is 0 Å².